The molecule has 1 amide bonds. The van der Waals surface area contributed by atoms with Crippen molar-refractivity contribution >= 4 is 34.7 Å². The average Bonchev–Trinajstić information content (AvgIpc) is 3.13. The molecule has 0 aromatic heterocycles. The van der Waals surface area contributed by atoms with E-state index in [1.807, 2.05) is 44.2 Å². The number of ketones is 1. The van der Waals surface area contributed by atoms with Crippen molar-refractivity contribution < 1.29 is 24.2 Å². The highest BCUT2D eigenvalue weighted by Gasteiger charge is 2.47. The van der Waals surface area contributed by atoms with Crippen LogP contribution in [0.2, 0.25) is 5.02 Å². The van der Waals surface area contributed by atoms with E-state index in [-0.39, 0.29) is 22.6 Å². The van der Waals surface area contributed by atoms with Crippen molar-refractivity contribution in [2.75, 3.05) is 18.6 Å². The number of aliphatic hydroxyl groups excluding tert-OH is 1. The van der Waals surface area contributed by atoms with E-state index in [1.54, 1.807) is 36.4 Å². The van der Waals surface area contributed by atoms with Gasteiger partial charge in [-0.05, 0) is 48.7 Å². The number of ether oxygens (including phenoxy) is 2. The predicted octanol–water partition coefficient (Wildman–Crippen LogP) is 6.07. The molecule has 3 aromatic carbocycles. The van der Waals surface area contributed by atoms with Crippen molar-refractivity contribution in [1.29, 1.82) is 0 Å². The lowest BCUT2D eigenvalue weighted by Crippen LogP contribution is -2.29. The molecule has 1 aliphatic heterocycles. The predicted molar refractivity (Wildman–Crippen MR) is 136 cm³/mol. The van der Waals surface area contributed by atoms with Crippen LogP contribution in [0.15, 0.2) is 72.3 Å². The fourth-order valence-electron chi connectivity index (χ4n) is 4.25. The number of amides is 1. The quantitative estimate of drug-likeness (QED) is 0.246. The number of rotatable bonds is 7. The van der Waals surface area contributed by atoms with Crippen molar-refractivity contribution in [1.82, 2.24) is 0 Å². The molecule has 35 heavy (non-hydrogen) atoms. The third-order valence-electron chi connectivity index (χ3n) is 5.78. The number of anilines is 1. The Labute approximate surface area is 209 Å². The molecule has 7 heteroatoms. The van der Waals surface area contributed by atoms with Gasteiger partial charge in [0.1, 0.15) is 17.3 Å². The van der Waals surface area contributed by atoms with Gasteiger partial charge in [-0.25, -0.2) is 0 Å². The Morgan fingerprint density at radius 3 is 2.49 bits per heavy atom. The van der Waals surface area contributed by atoms with Gasteiger partial charge in [0.2, 0.25) is 0 Å². The Kier molecular flexibility index (Phi) is 7.12. The number of aryl methyl sites for hydroxylation is 1. The maximum absolute atomic E-state index is 13.4. The van der Waals surface area contributed by atoms with Gasteiger partial charge in [0.25, 0.3) is 11.7 Å². The highest BCUT2D eigenvalue weighted by molar-refractivity contribution is 6.51. The summed E-state index contributed by atoms with van der Waals surface area (Å²) in [7, 11) is 1.43. The van der Waals surface area contributed by atoms with Crippen molar-refractivity contribution in [3.8, 4) is 11.5 Å². The van der Waals surface area contributed by atoms with Crippen LogP contribution in [0.3, 0.4) is 0 Å². The molecule has 1 unspecified atom stereocenters. The number of hydrogen-bond acceptors (Lipinski definition) is 5. The second kappa shape index (κ2) is 10.2. The maximum Gasteiger partial charge on any atom is 0.300 e. The smallest absolute Gasteiger partial charge is 0.300 e. The fraction of sp³-hybridized carbons (Fsp3) is 0.214. The van der Waals surface area contributed by atoms with Gasteiger partial charge >= 0.3 is 0 Å². The van der Waals surface area contributed by atoms with Crippen LogP contribution in [0, 0.1) is 6.92 Å². The molecule has 1 fully saturated rings. The molecule has 6 nitrogen and oxygen atoms in total. The van der Waals surface area contributed by atoms with Crippen LogP contribution in [0.5, 0.6) is 11.5 Å². The standard InChI is InChI=1S/C28H26ClNO5/c1-4-13-35-20-12-8-11-19(16-20)30-24(18-9-6-5-7-10-18)23(26(32)28(30)33)25(31)21-14-17(2)15-22(29)27(21)34-3/h5-12,14-16,24,31H,4,13H2,1-3H3/b25-23+. The molecule has 1 aliphatic rings. The summed E-state index contributed by atoms with van der Waals surface area (Å²) in [5.41, 5.74) is 2.13. The lowest BCUT2D eigenvalue weighted by molar-refractivity contribution is -0.132. The monoisotopic (exact) mass is 491 g/mol. The molecular weight excluding hydrogens is 466 g/mol. The van der Waals surface area contributed by atoms with Gasteiger partial charge in [-0.2, -0.15) is 0 Å². The van der Waals surface area contributed by atoms with E-state index in [1.165, 1.54) is 12.0 Å². The first-order chi connectivity index (χ1) is 16.9. The second-order valence-corrected chi connectivity index (χ2v) is 8.66. The van der Waals surface area contributed by atoms with Gasteiger partial charge in [-0.1, -0.05) is 54.9 Å². The van der Waals surface area contributed by atoms with Crippen LogP contribution in [0.4, 0.5) is 5.69 Å². The Morgan fingerprint density at radius 2 is 1.80 bits per heavy atom. The molecule has 0 saturated carbocycles. The van der Waals surface area contributed by atoms with E-state index in [4.69, 9.17) is 21.1 Å². The molecule has 0 spiro atoms. The van der Waals surface area contributed by atoms with E-state index in [2.05, 4.69) is 0 Å². The van der Waals surface area contributed by atoms with Crippen molar-refractivity contribution in [2.45, 2.75) is 26.3 Å². The van der Waals surface area contributed by atoms with Crippen molar-refractivity contribution in [3.05, 3.63) is 94.0 Å². The molecule has 1 N–H and O–H groups in total. The Balaban J connectivity index is 1.94. The number of carbonyl (C=O) groups excluding carboxylic acids is 2. The minimum Gasteiger partial charge on any atom is -0.507 e. The molecule has 4 rings (SSSR count). The molecular formula is C28H26ClNO5. The third-order valence-corrected chi connectivity index (χ3v) is 6.06. The molecule has 0 radical (unpaired) electrons. The van der Waals surface area contributed by atoms with Gasteiger partial charge in [-0.3, -0.25) is 14.5 Å². The fourth-order valence-corrected chi connectivity index (χ4v) is 4.60. The van der Waals surface area contributed by atoms with Crippen LogP contribution in [0.1, 0.15) is 36.1 Å². The first kappa shape index (κ1) is 24.4. The zero-order chi connectivity index (χ0) is 25.1. The van der Waals surface area contributed by atoms with Crippen LogP contribution in [-0.2, 0) is 9.59 Å². The van der Waals surface area contributed by atoms with Gasteiger partial charge in [0.05, 0.1) is 35.9 Å². The summed E-state index contributed by atoms with van der Waals surface area (Å²) in [5, 5.41) is 11.7. The van der Waals surface area contributed by atoms with Crippen LogP contribution >= 0.6 is 11.6 Å². The van der Waals surface area contributed by atoms with E-state index in [0.717, 1.165) is 12.0 Å². The van der Waals surface area contributed by atoms with Gasteiger partial charge in [0.15, 0.2) is 0 Å². The second-order valence-electron chi connectivity index (χ2n) is 8.25. The molecule has 180 valence electrons. The number of carbonyl (C=O) groups is 2. The first-order valence-electron chi connectivity index (χ1n) is 11.3. The topological polar surface area (TPSA) is 76.1 Å². The highest BCUT2D eigenvalue weighted by atomic mass is 35.5. The van der Waals surface area contributed by atoms with Crippen LogP contribution in [-0.4, -0.2) is 30.5 Å². The number of aliphatic hydroxyl groups is 1. The van der Waals surface area contributed by atoms with E-state index < -0.39 is 17.7 Å². The third kappa shape index (κ3) is 4.62. The molecule has 1 atom stereocenters. The Bertz CT molecular complexity index is 1300. The maximum atomic E-state index is 13.4. The minimum atomic E-state index is -0.860. The zero-order valence-electron chi connectivity index (χ0n) is 19.7. The number of hydrogen-bond donors (Lipinski definition) is 1. The highest BCUT2D eigenvalue weighted by Crippen LogP contribution is 2.44. The molecule has 1 heterocycles. The summed E-state index contributed by atoms with van der Waals surface area (Å²) in [6.07, 6.45) is 0.833. The van der Waals surface area contributed by atoms with Gasteiger partial charge in [0, 0.05) is 11.8 Å². The van der Waals surface area contributed by atoms with E-state index in [0.29, 0.717) is 28.6 Å². The molecule has 0 bridgehead atoms. The molecule has 3 aromatic rings. The summed E-state index contributed by atoms with van der Waals surface area (Å²) in [5.74, 6) is -1.07. The number of benzene rings is 3. The Morgan fingerprint density at radius 1 is 1.06 bits per heavy atom. The zero-order valence-corrected chi connectivity index (χ0v) is 20.5. The SMILES string of the molecule is CCCOc1cccc(N2C(=O)C(=O)/C(=C(/O)c3cc(C)cc(Cl)c3OC)C2c2ccccc2)c1. The summed E-state index contributed by atoms with van der Waals surface area (Å²) < 4.78 is 11.2. The van der Waals surface area contributed by atoms with E-state index >= 15 is 0 Å². The van der Waals surface area contributed by atoms with Crippen LogP contribution in [0.25, 0.3) is 5.76 Å². The Hall–Kier alpha value is -3.77. The lowest BCUT2D eigenvalue weighted by Gasteiger charge is -2.26. The molecule has 0 aliphatic carbocycles. The first-order valence-corrected chi connectivity index (χ1v) is 11.7. The van der Waals surface area contributed by atoms with Gasteiger partial charge in [-0.15, -0.1) is 0 Å². The number of methoxy groups -OCH3 is 1. The van der Waals surface area contributed by atoms with Crippen molar-refractivity contribution in [2.24, 2.45) is 0 Å². The number of halogens is 1. The summed E-state index contributed by atoms with van der Waals surface area (Å²) in [6.45, 7) is 4.35. The largest absolute Gasteiger partial charge is 0.507 e. The normalized spacial score (nSPS) is 17.0. The van der Waals surface area contributed by atoms with Crippen LogP contribution < -0.4 is 14.4 Å². The summed E-state index contributed by atoms with van der Waals surface area (Å²) in [6, 6.07) is 18.7. The molecule has 1 saturated heterocycles. The number of Topliss-reactive ketones (excluding diaryl/α,β-unsaturated/α-hetero) is 1. The average molecular weight is 492 g/mol. The van der Waals surface area contributed by atoms with Crippen molar-refractivity contribution in [3.63, 3.8) is 0 Å². The summed E-state index contributed by atoms with van der Waals surface area (Å²) >= 11 is 6.35. The minimum absolute atomic E-state index is 0.0407. The number of nitrogens with zero attached hydrogens (tertiary/aromatic N) is 1. The van der Waals surface area contributed by atoms with Gasteiger partial charge < -0.3 is 14.6 Å². The van der Waals surface area contributed by atoms with E-state index in [9.17, 15) is 14.7 Å². The lowest BCUT2D eigenvalue weighted by atomic mass is 9.94. The summed E-state index contributed by atoms with van der Waals surface area (Å²) in [4.78, 5) is 28.2.